The fraction of sp³-hybridized carbons (Fsp3) is 0.500. The smallest absolute Gasteiger partial charge is 0.237 e. The van der Waals surface area contributed by atoms with Gasteiger partial charge in [-0.15, -0.1) is 0 Å². The van der Waals surface area contributed by atoms with Crippen molar-refractivity contribution in [1.82, 2.24) is 9.88 Å². The third-order valence-electron chi connectivity index (χ3n) is 2.95. The van der Waals surface area contributed by atoms with Gasteiger partial charge in [0.05, 0.1) is 11.3 Å². The number of anilines is 1. The van der Waals surface area contributed by atoms with Crippen LogP contribution in [0.3, 0.4) is 0 Å². The Hall–Kier alpha value is -1.80. The molecule has 17 heavy (non-hydrogen) atoms. The van der Waals surface area contributed by atoms with Crippen molar-refractivity contribution in [3.8, 4) is 11.9 Å². The van der Waals surface area contributed by atoms with E-state index < -0.39 is 0 Å². The monoisotopic (exact) mass is 232 g/mol. The summed E-state index contributed by atoms with van der Waals surface area (Å²) < 4.78 is 5.76. The van der Waals surface area contributed by atoms with Crippen molar-refractivity contribution >= 4 is 5.69 Å². The number of pyridine rings is 1. The van der Waals surface area contributed by atoms with Crippen LogP contribution in [0.4, 0.5) is 5.69 Å². The van der Waals surface area contributed by atoms with Gasteiger partial charge in [-0.2, -0.15) is 5.26 Å². The molecule has 1 aromatic heterocycles. The Morgan fingerprint density at radius 1 is 1.53 bits per heavy atom. The molecule has 5 nitrogen and oxygen atoms in total. The number of rotatable bonds is 2. The Bertz CT molecular complexity index is 433. The van der Waals surface area contributed by atoms with E-state index in [-0.39, 0.29) is 6.10 Å². The lowest BCUT2D eigenvalue weighted by atomic mass is 10.1. The van der Waals surface area contributed by atoms with Gasteiger partial charge in [0.2, 0.25) is 5.88 Å². The van der Waals surface area contributed by atoms with Crippen LogP contribution in [-0.4, -0.2) is 36.1 Å². The molecule has 0 unspecified atom stereocenters. The Balaban J connectivity index is 2.02. The number of nitrogens with two attached hydrogens (primary N) is 1. The highest BCUT2D eigenvalue weighted by atomic mass is 16.5. The molecule has 2 N–H and O–H groups in total. The van der Waals surface area contributed by atoms with Crippen molar-refractivity contribution in [3.05, 3.63) is 17.8 Å². The SMILES string of the molecule is CN1CCC(Oc2ncc(C#N)cc2N)CC1. The molecular weight excluding hydrogens is 216 g/mol. The molecule has 0 radical (unpaired) electrons. The van der Waals surface area contributed by atoms with E-state index in [1.165, 1.54) is 6.20 Å². The van der Waals surface area contributed by atoms with Crippen LogP contribution in [0.15, 0.2) is 12.3 Å². The highest BCUT2D eigenvalue weighted by Gasteiger charge is 2.19. The van der Waals surface area contributed by atoms with Crippen molar-refractivity contribution in [2.75, 3.05) is 25.9 Å². The molecule has 0 bridgehead atoms. The molecule has 1 fully saturated rings. The minimum Gasteiger partial charge on any atom is -0.473 e. The first-order valence-electron chi connectivity index (χ1n) is 5.70. The van der Waals surface area contributed by atoms with Gasteiger partial charge >= 0.3 is 0 Å². The third kappa shape index (κ3) is 2.86. The number of nitriles is 1. The second-order valence-corrected chi connectivity index (χ2v) is 4.35. The maximum Gasteiger partial charge on any atom is 0.237 e. The molecule has 0 atom stereocenters. The van der Waals surface area contributed by atoms with E-state index in [2.05, 4.69) is 16.9 Å². The summed E-state index contributed by atoms with van der Waals surface area (Å²) in [6, 6.07) is 3.59. The predicted molar refractivity (Wildman–Crippen MR) is 64.5 cm³/mol. The molecule has 2 heterocycles. The summed E-state index contributed by atoms with van der Waals surface area (Å²) in [5, 5.41) is 8.71. The van der Waals surface area contributed by atoms with Gasteiger partial charge in [0.25, 0.3) is 0 Å². The minimum absolute atomic E-state index is 0.175. The van der Waals surface area contributed by atoms with Crippen LogP contribution >= 0.6 is 0 Å². The number of hydrogen-bond acceptors (Lipinski definition) is 5. The maximum atomic E-state index is 8.71. The molecule has 1 aliphatic heterocycles. The Morgan fingerprint density at radius 3 is 2.82 bits per heavy atom. The van der Waals surface area contributed by atoms with E-state index in [0.29, 0.717) is 17.1 Å². The number of hydrogen-bond donors (Lipinski definition) is 1. The van der Waals surface area contributed by atoms with Crippen LogP contribution in [0.5, 0.6) is 5.88 Å². The molecular formula is C12H16N4O. The third-order valence-corrected chi connectivity index (χ3v) is 2.95. The Kier molecular flexibility index (Phi) is 3.45. The summed E-state index contributed by atoms with van der Waals surface area (Å²) in [5.41, 5.74) is 6.68. The summed E-state index contributed by atoms with van der Waals surface area (Å²) in [5.74, 6) is 0.443. The molecule has 1 aliphatic rings. The predicted octanol–water partition coefficient (Wildman–Crippen LogP) is 1.01. The van der Waals surface area contributed by atoms with Crippen LogP contribution in [0.2, 0.25) is 0 Å². The highest BCUT2D eigenvalue weighted by molar-refractivity contribution is 5.52. The van der Waals surface area contributed by atoms with Gasteiger partial charge in [-0.05, 0) is 26.0 Å². The number of piperidine rings is 1. The average molecular weight is 232 g/mol. The number of ether oxygens (including phenoxy) is 1. The zero-order valence-corrected chi connectivity index (χ0v) is 9.89. The Labute approximate surface area is 101 Å². The minimum atomic E-state index is 0.175. The summed E-state index contributed by atoms with van der Waals surface area (Å²) in [4.78, 5) is 6.35. The number of aromatic nitrogens is 1. The fourth-order valence-corrected chi connectivity index (χ4v) is 1.89. The van der Waals surface area contributed by atoms with Gasteiger partial charge in [-0.25, -0.2) is 4.98 Å². The lowest BCUT2D eigenvalue weighted by molar-refractivity contribution is 0.111. The molecule has 0 aliphatic carbocycles. The molecule has 0 aromatic carbocycles. The number of nitrogen functional groups attached to an aromatic ring is 1. The van der Waals surface area contributed by atoms with Gasteiger partial charge in [0.15, 0.2) is 0 Å². The van der Waals surface area contributed by atoms with E-state index in [1.54, 1.807) is 6.07 Å². The topological polar surface area (TPSA) is 75.2 Å². The fourth-order valence-electron chi connectivity index (χ4n) is 1.89. The standard InChI is InChI=1S/C12H16N4O/c1-16-4-2-10(3-5-16)17-12-11(14)6-9(7-13)8-15-12/h6,8,10H,2-5,14H2,1H3. The van der Waals surface area contributed by atoms with E-state index in [1.807, 2.05) is 6.07 Å². The molecule has 2 rings (SSSR count). The second-order valence-electron chi connectivity index (χ2n) is 4.35. The van der Waals surface area contributed by atoms with Gasteiger partial charge < -0.3 is 15.4 Å². The normalized spacial score (nSPS) is 17.6. The maximum absolute atomic E-state index is 8.71. The van der Waals surface area contributed by atoms with Crippen molar-refractivity contribution in [1.29, 1.82) is 5.26 Å². The molecule has 90 valence electrons. The molecule has 1 saturated heterocycles. The van der Waals surface area contributed by atoms with Crippen LogP contribution in [0.1, 0.15) is 18.4 Å². The molecule has 0 spiro atoms. The van der Waals surface area contributed by atoms with Crippen molar-refractivity contribution in [2.24, 2.45) is 0 Å². The quantitative estimate of drug-likeness (QED) is 0.823. The van der Waals surface area contributed by atoms with Gasteiger partial charge in [0, 0.05) is 19.3 Å². The largest absolute Gasteiger partial charge is 0.473 e. The molecule has 0 saturated carbocycles. The van der Waals surface area contributed by atoms with Crippen molar-refractivity contribution in [2.45, 2.75) is 18.9 Å². The zero-order valence-electron chi connectivity index (χ0n) is 9.89. The van der Waals surface area contributed by atoms with Gasteiger partial charge in [-0.3, -0.25) is 0 Å². The first-order valence-corrected chi connectivity index (χ1v) is 5.70. The van der Waals surface area contributed by atoms with Crippen LogP contribution in [0.25, 0.3) is 0 Å². The van der Waals surface area contributed by atoms with Gasteiger partial charge in [0.1, 0.15) is 12.2 Å². The van der Waals surface area contributed by atoms with Crippen LogP contribution in [-0.2, 0) is 0 Å². The summed E-state index contributed by atoms with van der Waals surface area (Å²) in [6.45, 7) is 2.06. The summed E-state index contributed by atoms with van der Waals surface area (Å²) >= 11 is 0. The van der Waals surface area contributed by atoms with E-state index in [4.69, 9.17) is 15.7 Å². The molecule has 1 aromatic rings. The Morgan fingerprint density at radius 2 is 2.24 bits per heavy atom. The van der Waals surface area contributed by atoms with Crippen molar-refractivity contribution in [3.63, 3.8) is 0 Å². The number of likely N-dealkylation sites (tertiary alicyclic amines) is 1. The van der Waals surface area contributed by atoms with E-state index in [9.17, 15) is 0 Å². The lowest BCUT2D eigenvalue weighted by Crippen LogP contribution is -2.35. The zero-order chi connectivity index (χ0) is 12.3. The van der Waals surface area contributed by atoms with E-state index >= 15 is 0 Å². The summed E-state index contributed by atoms with van der Waals surface area (Å²) in [6.07, 6.45) is 3.63. The molecule has 0 amide bonds. The lowest BCUT2D eigenvalue weighted by Gasteiger charge is -2.29. The average Bonchev–Trinajstić information content (AvgIpc) is 2.34. The first-order chi connectivity index (χ1) is 8.19. The first kappa shape index (κ1) is 11.7. The molecule has 5 heteroatoms. The van der Waals surface area contributed by atoms with E-state index in [0.717, 1.165) is 25.9 Å². The van der Waals surface area contributed by atoms with Crippen molar-refractivity contribution < 1.29 is 4.74 Å². The number of nitrogens with zero attached hydrogens (tertiary/aromatic N) is 3. The van der Waals surface area contributed by atoms with Gasteiger partial charge in [-0.1, -0.05) is 0 Å². The summed E-state index contributed by atoms with van der Waals surface area (Å²) in [7, 11) is 2.10. The van der Waals surface area contributed by atoms with Crippen LogP contribution < -0.4 is 10.5 Å². The highest BCUT2D eigenvalue weighted by Crippen LogP contribution is 2.22. The second kappa shape index (κ2) is 5.02. The van der Waals surface area contributed by atoms with Crippen LogP contribution in [0, 0.1) is 11.3 Å².